The predicted octanol–water partition coefficient (Wildman–Crippen LogP) is 0.349. The molecule has 19 heavy (non-hydrogen) atoms. The molecule has 1 fully saturated rings. The molecule has 1 aliphatic heterocycles. The summed E-state index contributed by atoms with van der Waals surface area (Å²) in [6.07, 6.45) is -0.439. The van der Waals surface area contributed by atoms with E-state index in [0.717, 1.165) is 0 Å². The van der Waals surface area contributed by atoms with Crippen LogP contribution in [0.5, 0.6) is 0 Å². The van der Waals surface area contributed by atoms with Crippen LogP contribution in [0.4, 0.5) is 4.79 Å². The molecule has 0 aromatic carbocycles. The molecule has 112 valence electrons. The zero-order valence-electron chi connectivity index (χ0n) is 11.9. The van der Waals surface area contributed by atoms with Gasteiger partial charge < -0.3 is 25.0 Å². The summed E-state index contributed by atoms with van der Waals surface area (Å²) in [7, 11) is 0. The largest absolute Gasteiger partial charge is 0.444 e. The minimum absolute atomic E-state index is 0.198. The summed E-state index contributed by atoms with van der Waals surface area (Å²) in [5.41, 5.74) is -1.25. The smallest absolute Gasteiger partial charge is 0.410 e. The van der Waals surface area contributed by atoms with Crippen LogP contribution in [0, 0.1) is 5.41 Å². The highest BCUT2D eigenvalue weighted by Gasteiger charge is 2.41. The summed E-state index contributed by atoms with van der Waals surface area (Å²) < 4.78 is 5.28. The van der Waals surface area contributed by atoms with Crippen LogP contribution in [0.25, 0.3) is 0 Å². The van der Waals surface area contributed by atoms with Crippen LogP contribution in [0.2, 0.25) is 0 Å². The van der Waals surface area contributed by atoms with Gasteiger partial charge in [0.05, 0.1) is 19.3 Å². The predicted molar refractivity (Wildman–Crippen MR) is 69.7 cm³/mol. The molecule has 1 unspecified atom stereocenters. The second-order valence-corrected chi connectivity index (χ2v) is 6.19. The van der Waals surface area contributed by atoms with E-state index in [1.807, 2.05) is 20.8 Å². The molecule has 0 bridgehead atoms. The van der Waals surface area contributed by atoms with E-state index < -0.39 is 17.1 Å². The van der Waals surface area contributed by atoms with Crippen LogP contribution in [0.15, 0.2) is 0 Å². The normalized spacial score (nSPS) is 21.1. The van der Waals surface area contributed by atoms with Crippen molar-refractivity contribution in [2.75, 3.05) is 26.3 Å². The Morgan fingerprint density at radius 1 is 1.32 bits per heavy atom. The Labute approximate surface area is 114 Å². The minimum atomic E-state index is -0.960. The third kappa shape index (κ3) is 4.06. The van der Waals surface area contributed by atoms with Gasteiger partial charge in [-0.05, 0) is 33.6 Å². The Morgan fingerprint density at radius 3 is 2.21 bits per heavy atom. The summed E-state index contributed by atoms with van der Waals surface area (Å²) in [6, 6.07) is 0. The van der Waals surface area contributed by atoms with Gasteiger partial charge in [-0.2, -0.15) is 0 Å². The fraction of sp³-hybridized carbons (Fsp3) is 0.923. The highest BCUT2D eigenvalue weighted by Crippen LogP contribution is 2.35. The molecular weight excluding hydrogens is 250 g/mol. The number of aliphatic hydroxyl groups is 3. The first kappa shape index (κ1) is 16.2. The monoisotopic (exact) mass is 275 g/mol. The molecule has 0 aromatic heterocycles. The van der Waals surface area contributed by atoms with Gasteiger partial charge in [-0.3, -0.25) is 0 Å². The lowest BCUT2D eigenvalue weighted by molar-refractivity contribution is -0.0799. The summed E-state index contributed by atoms with van der Waals surface area (Å²) >= 11 is 0. The van der Waals surface area contributed by atoms with Crippen LogP contribution in [-0.4, -0.2) is 64.3 Å². The average molecular weight is 275 g/mol. The molecule has 6 heteroatoms. The first-order chi connectivity index (χ1) is 8.74. The molecule has 1 atom stereocenters. The molecule has 6 nitrogen and oxygen atoms in total. The van der Waals surface area contributed by atoms with Gasteiger partial charge in [0.15, 0.2) is 0 Å². The number of carbonyl (C=O) groups is 1. The van der Waals surface area contributed by atoms with E-state index in [4.69, 9.17) is 9.84 Å². The number of piperidine rings is 1. The van der Waals surface area contributed by atoms with Crippen molar-refractivity contribution in [3.8, 4) is 0 Å². The van der Waals surface area contributed by atoms with E-state index in [-0.39, 0.29) is 19.3 Å². The Balaban J connectivity index is 2.59. The van der Waals surface area contributed by atoms with E-state index in [0.29, 0.717) is 25.9 Å². The van der Waals surface area contributed by atoms with Gasteiger partial charge in [0.1, 0.15) is 5.60 Å². The van der Waals surface area contributed by atoms with Gasteiger partial charge >= 0.3 is 6.09 Å². The van der Waals surface area contributed by atoms with Crippen LogP contribution in [0.1, 0.15) is 33.6 Å². The Bertz CT molecular complexity index is 305. The van der Waals surface area contributed by atoms with Gasteiger partial charge in [-0.15, -0.1) is 0 Å². The quantitative estimate of drug-likeness (QED) is 0.691. The van der Waals surface area contributed by atoms with Crippen molar-refractivity contribution in [2.24, 2.45) is 5.41 Å². The van der Waals surface area contributed by atoms with Crippen molar-refractivity contribution in [3.05, 3.63) is 0 Å². The number of rotatable bonds is 3. The Hall–Kier alpha value is -0.850. The molecule has 0 spiro atoms. The SMILES string of the molecule is CC(C)(C)OC(=O)N1CCC(CO)(C(O)CO)CC1. The second-order valence-electron chi connectivity index (χ2n) is 6.19. The third-order valence-electron chi connectivity index (χ3n) is 3.61. The Kier molecular flexibility index (Phi) is 5.18. The molecule has 0 saturated carbocycles. The van der Waals surface area contributed by atoms with Crippen molar-refractivity contribution in [2.45, 2.75) is 45.3 Å². The number of hydrogen-bond donors (Lipinski definition) is 3. The van der Waals surface area contributed by atoms with Crippen LogP contribution < -0.4 is 0 Å². The van der Waals surface area contributed by atoms with Gasteiger partial charge in [0, 0.05) is 18.5 Å². The molecule has 3 N–H and O–H groups in total. The van der Waals surface area contributed by atoms with Crippen LogP contribution in [0.3, 0.4) is 0 Å². The fourth-order valence-corrected chi connectivity index (χ4v) is 2.25. The molecule has 1 aliphatic rings. The minimum Gasteiger partial charge on any atom is -0.444 e. The molecule has 1 rings (SSSR count). The van der Waals surface area contributed by atoms with Crippen molar-refractivity contribution in [1.29, 1.82) is 0 Å². The maximum absolute atomic E-state index is 11.9. The standard InChI is InChI=1S/C13H25NO5/c1-12(2,3)19-11(18)14-6-4-13(9-16,5-7-14)10(17)8-15/h10,15-17H,4-9H2,1-3H3. The van der Waals surface area contributed by atoms with Gasteiger partial charge in [-0.1, -0.05) is 0 Å². The lowest BCUT2D eigenvalue weighted by Gasteiger charge is -2.43. The molecule has 1 heterocycles. The first-order valence-corrected chi connectivity index (χ1v) is 6.62. The molecule has 0 aliphatic carbocycles. The first-order valence-electron chi connectivity index (χ1n) is 6.62. The maximum atomic E-state index is 11.9. The highest BCUT2D eigenvalue weighted by molar-refractivity contribution is 5.68. The lowest BCUT2D eigenvalue weighted by Crippen LogP contribution is -2.51. The van der Waals surface area contributed by atoms with E-state index in [1.165, 1.54) is 0 Å². The number of aliphatic hydroxyl groups excluding tert-OH is 3. The fourth-order valence-electron chi connectivity index (χ4n) is 2.25. The number of likely N-dealkylation sites (tertiary alicyclic amines) is 1. The average Bonchev–Trinajstić information content (AvgIpc) is 2.35. The van der Waals surface area contributed by atoms with Crippen LogP contribution in [-0.2, 0) is 4.74 Å². The van der Waals surface area contributed by atoms with E-state index in [1.54, 1.807) is 4.90 Å². The van der Waals surface area contributed by atoms with Gasteiger partial charge in [0.25, 0.3) is 0 Å². The molecule has 1 saturated heterocycles. The van der Waals surface area contributed by atoms with Crippen molar-refractivity contribution in [3.63, 3.8) is 0 Å². The molecular formula is C13H25NO5. The zero-order valence-corrected chi connectivity index (χ0v) is 11.9. The van der Waals surface area contributed by atoms with Crippen molar-refractivity contribution in [1.82, 2.24) is 4.90 Å². The summed E-state index contributed by atoms with van der Waals surface area (Å²) in [5, 5.41) is 28.3. The van der Waals surface area contributed by atoms with Crippen molar-refractivity contribution < 1.29 is 24.9 Å². The van der Waals surface area contributed by atoms with E-state index >= 15 is 0 Å². The zero-order chi connectivity index (χ0) is 14.7. The maximum Gasteiger partial charge on any atom is 0.410 e. The molecule has 0 aromatic rings. The van der Waals surface area contributed by atoms with E-state index in [2.05, 4.69) is 0 Å². The van der Waals surface area contributed by atoms with Crippen LogP contribution >= 0.6 is 0 Å². The second kappa shape index (κ2) is 6.07. The van der Waals surface area contributed by atoms with Gasteiger partial charge in [0.2, 0.25) is 0 Å². The summed E-state index contributed by atoms with van der Waals surface area (Å²) in [4.78, 5) is 13.5. The number of hydrogen-bond acceptors (Lipinski definition) is 5. The van der Waals surface area contributed by atoms with Gasteiger partial charge in [-0.25, -0.2) is 4.79 Å². The van der Waals surface area contributed by atoms with E-state index in [9.17, 15) is 15.0 Å². The molecule has 0 radical (unpaired) electrons. The highest BCUT2D eigenvalue weighted by atomic mass is 16.6. The summed E-state index contributed by atoms with van der Waals surface area (Å²) in [6.45, 7) is 5.66. The number of nitrogens with zero attached hydrogens (tertiary/aromatic N) is 1. The number of ether oxygens (including phenoxy) is 1. The Morgan fingerprint density at radius 2 is 1.84 bits per heavy atom. The molecule has 1 amide bonds. The number of amides is 1. The number of carbonyl (C=O) groups excluding carboxylic acids is 1. The van der Waals surface area contributed by atoms with Crippen molar-refractivity contribution >= 4 is 6.09 Å². The topological polar surface area (TPSA) is 90.2 Å². The lowest BCUT2D eigenvalue weighted by atomic mass is 9.74. The summed E-state index contributed by atoms with van der Waals surface area (Å²) in [5.74, 6) is 0. The third-order valence-corrected chi connectivity index (χ3v) is 3.61.